The second kappa shape index (κ2) is 11.3. The average molecular weight is 669 g/mol. The number of ketones is 1. The predicted octanol–water partition coefficient (Wildman–Crippen LogP) is 5.32. The monoisotopic (exact) mass is 668 g/mol. The molecule has 11 heteroatoms. The summed E-state index contributed by atoms with van der Waals surface area (Å²) in [5, 5.41) is 24.0. The summed E-state index contributed by atoms with van der Waals surface area (Å²) in [4.78, 5) is 30.2. The largest absolute Gasteiger partial charge is 0.481 e. The fourth-order valence-electron chi connectivity index (χ4n) is 11.7. The maximum absolute atomic E-state index is 15.1. The molecule has 2 heterocycles. The molecule has 48 heavy (non-hydrogen) atoms. The van der Waals surface area contributed by atoms with Gasteiger partial charge in [0.1, 0.15) is 6.04 Å². The summed E-state index contributed by atoms with van der Waals surface area (Å²) in [6, 6.07) is -0.313. The standard InChI is InChI=1S/C37H60N6O5/c1-20(2)22(5)33(7)13-14-34(8)23-11-12-26-32(6)16-25(43-41-31(38)40-42-43)29(48-18-35(9,39)21(3)4)37(26,19-47-17-32)24(23)15-27(44)36(34,10)28(33)30(45)46/h15,20-23,25-26,28-29H,11-14,16-19,39H2,1-10H3,(H2,38,41)(H,45,46)/t22-,23+,25-,26-,28-,29+,32-,33-,34-,35?,36+,37+/m1/s1. The van der Waals surface area contributed by atoms with Gasteiger partial charge in [-0.2, -0.15) is 4.80 Å². The number of hydrogen-bond donors (Lipinski definition) is 3. The first-order valence-electron chi connectivity index (χ1n) is 18.2. The fourth-order valence-corrected chi connectivity index (χ4v) is 11.7. The third-order valence-corrected chi connectivity index (χ3v) is 15.5. The van der Waals surface area contributed by atoms with Crippen molar-refractivity contribution in [2.45, 2.75) is 119 Å². The zero-order chi connectivity index (χ0) is 35.4. The predicted molar refractivity (Wildman–Crippen MR) is 182 cm³/mol. The molecule has 12 atom stereocenters. The number of nitrogens with zero attached hydrogens (tertiary/aromatic N) is 4. The van der Waals surface area contributed by atoms with Crippen molar-refractivity contribution in [2.75, 3.05) is 25.6 Å². The van der Waals surface area contributed by atoms with E-state index < -0.39 is 45.2 Å². The number of carbonyl (C=O) groups is 2. The Morgan fingerprint density at radius 1 is 1.15 bits per heavy atom. The number of aliphatic carboxylic acids is 1. The molecule has 5 aliphatic rings. The van der Waals surface area contributed by atoms with Crippen molar-refractivity contribution in [1.82, 2.24) is 20.2 Å². The van der Waals surface area contributed by atoms with E-state index in [1.54, 1.807) is 4.80 Å². The molecular weight excluding hydrogens is 608 g/mol. The maximum Gasteiger partial charge on any atom is 0.308 e. The van der Waals surface area contributed by atoms with Crippen molar-refractivity contribution in [3.8, 4) is 0 Å². The molecule has 5 N–H and O–H groups in total. The second-order valence-corrected chi connectivity index (χ2v) is 18.4. The van der Waals surface area contributed by atoms with Crippen LogP contribution in [0.4, 0.5) is 5.95 Å². The zero-order valence-electron chi connectivity index (χ0n) is 30.9. The van der Waals surface area contributed by atoms with Gasteiger partial charge in [-0.05, 0) is 96.2 Å². The Balaban J connectivity index is 1.55. The topological polar surface area (TPSA) is 168 Å². The number of rotatable bonds is 8. The molecule has 1 saturated heterocycles. The Morgan fingerprint density at radius 2 is 1.83 bits per heavy atom. The number of allylic oxidation sites excluding steroid dienone is 1. The number of carbonyl (C=O) groups excluding carboxylic acids is 1. The Kier molecular flexibility index (Phi) is 8.36. The highest BCUT2D eigenvalue weighted by Crippen LogP contribution is 2.75. The minimum atomic E-state index is -1.08. The molecule has 1 aliphatic heterocycles. The first-order valence-corrected chi connectivity index (χ1v) is 18.2. The molecule has 0 spiro atoms. The van der Waals surface area contributed by atoms with Crippen LogP contribution >= 0.6 is 0 Å². The number of nitrogen functional groups attached to an aromatic ring is 1. The molecule has 0 aromatic carbocycles. The van der Waals surface area contributed by atoms with Crippen LogP contribution in [0.1, 0.15) is 107 Å². The van der Waals surface area contributed by atoms with Gasteiger partial charge in [-0.25, -0.2) is 0 Å². The minimum absolute atomic E-state index is 0.0175. The molecule has 1 aromatic heterocycles. The van der Waals surface area contributed by atoms with Crippen LogP contribution in [0.25, 0.3) is 0 Å². The molecule has 2 bridgehead atoms. The van der Waals surface area contributed by atoms with E-state index in [0.29, 0.717) is 26.2 Å². The lowest BCUT2D eigenvalue weighted by Gasteiger charge is -2.71. The minimum Gasteiger partial charge on any atom is -0.481 e. The van der Waals surface area contributed by atoms with Gasteiger partial charge in [0.05, 0.1) is 31.8 Å². The number of ether oxygens (including phenoxy) is 2. The molecule has 1 unspecified atom stereocenters. The van der Waals surface area contributed by atoms with Crippen LogP contribution in [0.15, 0.2) is 11.6 Å². The van der Waals surface area contributed by atoms with Crippen molar-refractivity contribution in [3.05, 3.63) is 11.6 Å². The summed E-state index contributed by atoms with van der Waals surface area (Å²) in [5.74, 6) is -0.921. The fraction of sp³-hybridized carbons (Fsp3) is 0.865. The molecule has 3 saturated carbocycles. The Morgan fingerprint density at radius 3 is 2.42 bits per heavy atom. The second-order valence-electron chi connectivity index (χ2n) is 18.4. The van der Waals surface area contributed by atoms with Crippen LogP contribution in [-0.2, 0) is 19.1 Å². The highest BCUT2D eigenvalue weighted by molar-refractivity contribution is 6.00. The van der Waals surface area contributed by atoms with Crippen molar-refractivity contribution in [2.24, 2.45) is 68.3 Å². The first-order chi connectivity index (χ1) is 22.2. The molecule has 268 valence electrons. The zero-order valence-corrected chi connectivity index (χ0v) is 30.9. The Labute approximate surface area is 286 Å². The molecule has 0 radical (unpaired) electrons. The van der Waals surface area contributed by atoms with E-state index in [-0.39, 0.29) is 52.8 Å². The van der Waals surface area contributed by atoms with Crippen LogP contribution in [0, 0.1) is 62.6 Å². The summed E-state index contributed by atoms with van der Waals surface area (Å²) in [6.45, 7) is 22.6. The number of hydrogen-bond acceptors (Lipinski definition) is 9. The van der Waals surface area contributed by atoms with E-state index in [0.717, 1.165) is 31.3 Å². The van der Waals surface area contributed by atoms with Gasteiger partial charge >= 0.3 is 5.97 Å². The van der Waals surface area contributed by atoms with Crippen molar-refractivity contribution in [1.29, 1.82) is 0 Å². The number of carboxylic acids is 1. The maximum atomic E-state index is 15.1. The van der Waals surface area contributed by atoms with E-state index in [2.05, 4.69) is 70.8 Å². The van der Waals surface area contributed by atoms with Gasteiger partial charge in [0.2, 0.25) is 0 Å². The molecule has 6 rings (SSSR count). The molecule has 11 nitrogen and oxygen atoms in total. The molecule has 4 fully saturated rings. The summed E-state index contributed by atoms with van der Waals surface area (Å²) in [7, 11) is 0. The van der Waals surface area contributed by atoms with Crippen molar-refractivity contribution in [3.63, 3.8) is 0 Å². The lowest BCUT2D eigenvalue weighted by Crippen LogP contribution is -2.71. The third kappa shape index (κ3) is 4.65. The Hall–Kier alpha value is -2.37. The molecule has 0 amide bonds. The summed E-state index contributed by atoms with van der Waals surface area (Å²) in [6.07, 6.45) is 5.45. The number of nitrogens with two attached hydrogens (primary N) is 2. The number of tetrazole rings is 1. The van der Waals surface area contributed by atoms with Gasteiger partial charge in [0.15, 0.2) is 5.78 Å². The van der Waals surface area contributed by atoms with E-state index in [1.807, 2.05) is 19.9 Å². The van der Waals surface area contributed by atoms with Crippen LogP contribution in [-0.4, -0.2) is 68.5 Å². The number of aromatic nitrogens is 4. The van der Waals surface area contributed by atoms with E-state index >= 15 is 4.79 Å². The summed E-state index contributed by atoms with van der Waals surface area (Å²) < 4.78 is 13.7. The lowest BCUT2D eigenvalue weighted by molar-refractivity contribution is -0.253. The highest BCUT2D eigenvalue weighted by Gasteiger charge is 2.74. The molecular formula is C37H60N6O5. The number of carboxylic acid groups (broad SMARTS) is 1. The van der Waals surface area contributed by atoms with Gasteiger partial charge in [0.25, 0.3) is 5.95 Å². The van der Waals surface area contributed by atoms with Gasteiger partial charge in [0, 0.05) is 16.4 Å². The smallest absolute Gasteiger partial charge is 0.308 e. The molecule has 1 aromatic rings. The van der Waals surface area contributed by atoms with Crippen molar-refractivity contribution < 1.29 is 24.2 Å². The third-order valence-electron chi connectivity index (χ3n) is 15.5. The lowest BCUT2D eigenvalue weighted by atomic mass is 9.34. The van der Waals surface area contributed by atoms with Crippen LogP contribution in [0.5, 0.6) is 0 Å². The first kappa shape index (κ1) is 35.5. The normalized spacial score (nSPS) is 44.3. The van der Waals surface area contributed by atoms with Crippen LogP contribution < -0.4 is 11.5 Å². The summed E-state index contributed by atoms with van der Waals surface area (Å²) in [5.41, 5.74) is 10.2. The van der Waals surface area contributed by atoms with Crippen LogP contribution in [0.3, 0.4) is 0 Å². The van der Waals surface area contributed by atoms with Crippen LogP contribution in [0.2, 0.25) is 0 Å². The number of fused-ring (bicyclic) bond motifs is 3. The highest BCUT2D eigenvalue weighted by atomic mass is 16.5. The SMILES string of the molecule is CC(C)[C@@H](C)[C@@]1(C)CC[C@]2(C)[C@H]3CC[C@@H]4[C@@]5(C)COC[C@@]4(C3=CC(=O)[C@@]2(C)[C@@H]1C(=O)O)[C@@H](OCC(C)(N)C(C)C)[C@H](n1nnc(N)n1)C5. The van der Waals surface area contributed by atoms with Gasteiger partial charge in [-0.15, -0.1) is 5.10 Å². The average Bonchev–Trinajstić information content (AvgIpc) is 3.43. The molecule has 4 aliphatic carbocycles. The quantitative estimate of drug-likeness (QED) is 0.330. The summed E-state index contributed by atoms with van der Waals surface area (Å²) >= 11 is 0. The number of anilines is 1. The van der Waals surface area contributed by atoms with E-state index in [1.165, 1.54) is 0 Å². The van der Waals surface area contributed by atoms with E-state index in [4.69, 9.17) is 20.9 Å². The van der Waals surface area contributed by atoms with Crippen molar-refractivity contribution >= 4 is 17.7 Å². The van der Waals surface area contributed by atoms with Gasteiger partial charge < -0.3 is 26.0 Å². The van der Waals surface area contributed by atoms with Gasteiger partial charge in [-0.3, -0.25) is 9.59 Å². The Bertz CT molecular complexity index is 1490. The van der Waals surface area contributed by atoms with E-state index in [9.17, 15) is 9.90 Å². The van der Waals surface area contributed by atoms with Gasteiger partial charge in [-0.1, -0.05) is 73.0 Å².